The summed E-state index contributed by atoms with van der Waals surface area (Å²) in [5.74, 6) is 0.446. The topological polar surface area (TPSA) is 73.9 Å². The minimum atomic E-state index is -0.220. The Bertz CT molecular complexity index is 1450. The number of para-hydroxylation sites is 2. The van der Waals surface area contributed by atoms with Gasteiger partial charge in [0.25, 0.3) is 11.8 Å². The van der Waals surface area contributed by atoms with Gasteiger partial charge in [0.2, 0.25) is 0 Å². The molecule has 7 nitrogen and oxygen atoms in total. The highest BCUT2D eigenvalue weighted by Gasteiger charge is 2.24. The summed E-state index contributed by atoms with van der Waals surface area (Å²) in [7, 11) is 1.69. The van der Waals surface area contributed by atoms with E-state index in [0.717, 1.165) is 48.9 Å². The molecule has 0 aromatic heterocycles. The minimum absolute atomic E-state index is 0.175. The monoisotopic (exact) mass is 534 g/mol. The highest BCUT2D eigenvalue weighted by Crippen LogP contribution is 2.31. The number of rotatable bonds is 8. The number of piperazine rings is 1. The first-order valence-corrected chi connectivity index (χ1v) is 13.5. The van der Waals surface area contributed by atoms with Crippen LogP contribution in [0.4, 0.5) is 17.1 Å². The van der Waals surface area contributed by atoms with Crippen LogP contribution in [0.3, 0.4) is 0 Å². The van der Waals surface area contributed by atoms with E-state index in [-0.39, 0.29) is 17.9 Å². The molecule has 1 fully saturated rings. The number of anilines is 3. The highest BCUT2D eigenvalue weighted by atomic mass is 16.5. The van der Waals surface area contributed by atoms with Crippen molar-refractivity contribution in [2.45, 2.75) is 13.0 Å². The second kappa shape index (κ2) is 12.4. The lowest BCUT2D eigenvalue weighted by Crippen LogP contribution is -2.47. The van der Waals surface area contributed by atoms with Gasteiger partial charge in [0.1, 0.15) is 5.75 Å². The third-order valence-corrected chi connectivity index (χ3v) is 7.23. The van der Waals surface area contributed by atoms with Gasteiger partial charge >= 0.3 is 0 Å². The molecule has 1 heterocycles. The standard InChI is InChI=1S/C33H34N4O3/c1-24(25-11-5-3-6-12-25)34-33(39)28-23-27(35-32(38)26-13-7-4-8-14-26)17-18-29(28)36-19-21-37(22-20-36)30-15-9-10-16-31(30)40-2/h3-18,23-24H,19-22H2,1-2H3,(H,34,39)(H,35,38). The Morgan fingerprint density at radius 1 is 0.725 bits per heavy atom. The van der Waals surface area contributed by atoms with Crippen molar-refractivity contribution in [1.82, 2.24) is 5.32 Å². The first-order chi connectivity index (χ1) is 19.5. The molecule has 7 heteroatoms. The van der Waals surface area contributed by atoms with Crippen LogP contribution >= 0.6 is 0 Å². The van der Waals surface area contributed by atoms with Gasteiger partial charge in [-0.25, -0.2) is 0 Å². The molecule has 1 saturated heterocycles. The molecule has 1 unspecified atom stereocenters. The van der Waals surface area contributed by atoms with Crippen molar-refractivity contribution in [3.8, 4) is 5.75 Å². The average Bonchev–Trinajstić information content (AvgIpc) is 3.02. The van der Waals surface area contributed by atoms with E-state index in [1.807, 2.05) is 85.8 Å². The molecule has 0 radical (unpaired) electrons. The van der Waals surface area contributed by atoms with E-state index >= 15 is 0 Å². The smallest absolute Gasteiger partial charge is 0.255 e. The number of hydrogen-bond donors (Lipinski definition) is 2. The van der Waals surface area contributed by atoms with E-state index in [0.29, 0.717) is 16.8 Å². The van der Waals surface area contributed by atoms with Crippen LogP contribution in [0.5, 0.6) is 5.75 Å². The van der Waals surface area contributed by atoms with Crippen LogP contribution < -0.4 is 25.2 Å². The molecular weight excluding hydrogens is 500 g/mol. The summed E-state index contributed by atoms with van der Waals surface area (Å²) in [5, 5.41) is 6.10. The van der Waals surface area contributed by atoms with Gasteiger partial charge in [-0.1, -0.05) is 60.7 Å². The van der Waals surface area contributed by atoms with Gasteiger partial charge in [0, 0.05) is 43.1 Å². The molecule has 0 aliphatic carbocycles. The fourth-order valence-electron chi connectivity index (χ4n) is 5.04. The zero-order valence-corrected chi connectivity index (χ0v) is 22.8. The summed E-state index contributed by atoms with van der Waals surface area (Å²) in [4.78, 5) is 31.1. The van der Waals surface area contributed by atoms with Gasteiger partial charge in [-0.3, -0.25) is 9.59 Å². The largest absolute Gasteiger partial charge is 0.495 e. The summed E-state index contributed by atoms with van der Waals surface area (Å²) >= 11 is 0. The fourth-order valence-corrected chi connectivity index (χ4v) is 5.04. The highest BCUT2D eigenvalue weighted by molar-refractivity contribution is 6.06. The maximum absolute atomic E-state index is 13.7. The van der Waals surface area contributed by atoms with Crippen LogP contribution in [0.2, 0.25) is 0 Å². The molecule has 4 aromatic rings. The number of nitrogens with one attached hydrogen (secondary N) is 2. The summed E-state index contributed by atoms with van der Waals surface area (Å²) in [6, 6.07) is 32.4. The fraction of sp³-hybridized carbons (Fsp3) is 0.212. The second-order valence-electron chi connectivity index (χ2n) is 9.80. The molecule has 204 valence electrons. The Morgan fingerprint density at radius 3 is 2.00 bits per heavy atom. The Kier molecular flexibility index (Phi) is 8.30. The SMILES string of the molecule is COc1ccccc1N1CCN(c2ccc(NC(=O)c3ccccc3)cc2C(=O)NC(C)c2ccccc2)CC1. The summed E-state index contributed by atoms with van der Waals surface area (Å²) in [6.07, 6.45) is 0. The van der Waals surface area contributed by atoms with Crippen molar-refractivity contribution < 1.29 is 14.3 Å². The first-order valence-electron chi connectivity index (χ1n) is 13.5. The Balaban J connectivity index is 1.38. The van der Waals surface area contributed by atoms with Crippen molar-refractivity contribution in [3.63, 3.8) is 0 Å². The lowest BCUT2D eigenvalue weighted by Gasteiger charge is -2.38. The molecule has 5 rings (SSSR count). The van der Waals surface area contributed by atoms with Crippen molar-refractivity contribution in [3.05, 3.63) is 120 Å². The predicted molar refractivity (Wildman–Crippen MR) is 161 cm³/mol. The van der Waals surface area contributed by atoms with E-state index < -0.39 is 0 Å². The molecule has 4 aromatic carbocycles. The molecular formula is C33H34N4O3. The van der Waals surface area contributed by atoms with Gasteiger partial charge in [-0.2, -0.15) is 0 Å². The Morgan fingerprint density at radius 2 is 1.32 bits per heavy atom. The van der Waals surface area contributed by atoms with Crippen molar-refractivity contribution in [2.75, 3.05) is 48.4 Å². The molecule has 0 spiro atoms. The van der Waals surface area contributed by atoms with Crippen molar-refractivity contribution in [2.24, 2.45) is 0 Å². The number of carbonyl (C=O) groups is 2. The Hall–Kier alpha value is -4.78. The van der Waals surface area contributed by atoms with Gasteiger partial charge in [-0.05, 0) is 55.0 Å². The van der Waals surface area contributed by atoms with Crippen LogP contribution in [0.1, 0.15) is 39.2 Å². The van der Waals surface area contributed by atoms with E-state index in [2.05, 4.69) is 26.5 Å². The maximum atomic E-state index is 13.7. The van der Waals surface area contributed by atoms with Gasteiger partial charge in [-0.15, -0.1) is 0 Å². The zero-order valence-electron chi connectivity index (χ0n) is 22.8. The van der Waals surface area contributed by atoms with Crippen LogP contribution in [-0.2, 0) is 0 Å². The molecule has 1 aliphatic rings. The lowest BCUT2D eigenvalue weighted by atomic mass is 10.1. The van der Waals surface area contributed by atoms with Gasteiger partial charge in [0.05, 0.1) is 24.4 Å². The van der Waals surface area contributed by atoms with Gasteiger partial charge < -0.3 is 25.2 Å². The quantitative estimate of drug-likeness (QED) is 0.301. The second-order valence-corrected chi connectivity index (χ2v) is 9.80. The van der Waals surface area contributed by atoms with Crippen molar-refractivity contribution in [1.29, 1.82) is 0 Å². The molecule has 2 N–H and O–H groups in total. The van der Waals surface area contributed by atoms with Crippen LogP contribution in [-0.4, -0.2) is 45.1 Å². The summed E-state index contributed by atoms with van der Waals surface area (Å²) in [6.45, 7) is 5.02. The van der Waals surface area contributed by atoms with E-state index in [9.17, 15) is 9.59 Å². The number of carbonyl (C=O) groups excluding carboxylic acids is 2. The lowest BCUT2D eigenvalue weighted by molar-refractivity contribution is 0.0939. The molecule has 2 amide bonds. The number of methoxy groups -OCH3 is 1. The number of benzene rings is 4. The first kappa shape index (κ1) is 26.8. The predicted octanol–water partition coefficient (Wildman–Crippen LogP) is 5.77. The molecule has 0 saturated carbocycles. The van der Waals surface area contributed by atoms with Crippen LogP contribution in [0, 0.1) is 0 Å². The molecule has 40 heavy (non-hydrogen) atoms. The minimum Gasteiger partial charge on any atom is -0.495 e. The van der Waals surface area contributed by atoms with Crippen molar-refractivity contribution >= 4 is 28.9 Å². The zero-order chi connectivity index (χ0) is 27.9. The third kappa shape index (κ3) is 6.10. The van der Waals surface area contributed by atoms with Crippen LogP contribution in [0.25, 0.3) is 0 Å². The maximum Gasteiger partial charge on any atom is 0.255 e. The molecule has 0 bridgehead atoms. The summed E-state index contributed by atoms with van der Waals surface area (Å²) in [5.41, 5.74) is 4.59. The van der Waals surface area contributed by atoms with Gasteiger partial charge in [0.15, 0.2) is 0 Å². The Labute approximate surface area is 235 Å². The normalized spacial score (nSPS) is 13.8. The number of nitrogens with zero attached hydrogens (tertiary/aromatic N) is 2. The molecule has 1 aliphatic heterocycles. The molecule has 1 atom stereocenters. The number of ether oxygens (including phenoxy) is 1. The summed E-state index contributed by atoms with van der Waals surface area (Å²) < 4.78 is 5.57. The average molecular weight is 535 g/mol. The number of amides is 2. The van der Waals surface area contributed by atoms with E-state index in [4.69, 9.17) is 4.74 Å². The van der Waals surface area contributed by atoms with E-state index in [1.165, 1.54) is 0 Å². The third-order valence-electron chi connectivity index (χ3n) is 7.23. The van der Waals surface area contributed by atoms with Crippen LogP contribution in [0.15, 0.2) is 103 Å². The number of hydrogen-bond acceptors (Lipinski definition) is 5. The van der Waals surface area contributed by atoms with E-state index in [1.54, 1.807) is 25.3 Å².